The fourth-order valence-electron chi connectivity index (χ4n) is 3.46. The van der Waals surface area contributed by atoms with Crippen molar-refractivity contribution >= 4 is 47.8 Å². The van der Waals surface area contributed by atoms with E-state index in [0.717, 1.165) is 4.90 Å². The monoisotopic (exact) mass is 537 g/mol. The number of benzene rings is 2. The summed E-state index contributed by atoms with van der Waals surface area (Å²) in [4.78, 5) is 40.6. The number of aromatic hydroxyl groups is 1. The number of phenols is 1. The molecule has 2 aromatic rings. The van der Waals surface area contributed by atoms with E-state index in [9.17, 15) is 24.6 Å². The molecule has 0 bridgehead atoms. The first kappa shape index (κ1) is 29.3. The van der Waals surface area contributed by atoms with Gasteiger partial charge in [0.1, 0.15) is 23.4 Å². The summed E-state index contributed by atoms with van der Waals surface area (Å²) in [6.45, 7) is 6.10. The average molecular weight is 538 g/mol. The first-order valence-corrected chi connectivity index (χ1v) is 12.3. The molecule has 196 valence electrons. The second-order valence-corrected chi connectivity index (χ2v) is 9.83. The zero-order valence-electron chi connectivity index (χ0n) is 20.6. The van der Waals surface area contributed by atoms with Crippen molar-refractivity contribution in [2.75, 3.05) is 24.2 Å². The molecule has 0 spiro atoms. The molecule has 2 atom stereocenters. The Morgan fingerprint density at radius 1 is 1.17 bits per heavy atom. The highest BCUT2D eigenvalue weighted by atomic mass is 35.5. The van der Waals surface area contributed by atoms with Gasteiger partial charge in [-0.2, -0.15) is 12.6 Å². The van der Waals surface area contributed by atoms with Crippen molar-refractivity contribution in [3.8, 4) is 5.75 Å². The molecular formula is C25H32ClN3O6S. The van der Waals surface area contributed by atoms with Crippen molar-refractivity contribution in [2.24, 2.45) is 0 Å². The Bertz CT molecular complexity index is 1070. The molecule has 11 heteroatoms. The number of carbonyl (C=O) groups is 3. The lowest BCUT2D eigenvalue weighted by Gasteiger charge is -2.34. The molecule has 0 saturated carbocycles. The van der Waals surface area contributed by atoms with Crippen LogP contribution < -0.4 is 10.6 Å². The van der Waals surface area contributed by atoms with Gasteiger partial charge in [0.25, 0.3) is 5.91 Å². The zero-order valence-corrected chi connectivity index (χ0v) is 22.3. The molecule has 0 aromatic heterocycles. The molecule has 0 fully saturated rings. The van der Waals surface area contributed by atoms with Crippen LogP contribution in [0.5, 0.6) is 5.75 Å². The standard InChI is InChI=1S/C25H32ClN3O6S/c1-15-7-5-10-18(26)20(15)28-22(32)21(16-8-6-9-17(31)13-16)29(11-12-30)23(33)19(14-36)27-24(34)35-25(2,3)4/h5-10,13,19,21,30-31,36H,11-12,14H2,1-4H3,(H,27,34)(H,28,32). The summed E-state index contributed by atoms with van der Waals surface area (Å²) in [6, 6.07) is 8.55. The fraction of sp³-hybridized carbons (Fsp3) is 0.400. The van der Waals surface area contributed by atoms with Gasteiger partial charge in [-0.3, -0.25) is 9.59 Å². The van der Waals surface area contributed by atoms with E-state index in [0.29, 0.717) is 16.3 Å². The number of phenolic OH excluding ortho intramolecular Hbond substituents is 1. The van der Waals surface area contributed by atoms with Crippen molar-refractivity contribution in [3.63, 3.8) is 0 Å². The number of anilines is 1. The molecule has 2 aromatic carbocycles. The van der Waals surface area contributed by atoms with Crippen LogP contribution >= 0.6 is 24.2 Å². The van der Waals surface area contributed by atoms with E-state index in [-0.39, 0.29) is 23.6 Å². The van der Waals surface area contributed by atoms with Gasteiger partial charge in [-0.1, -0.05) is 35.9 Å². The minimum Gasteiger partial charge on any atom is -0.508 e. The van der Waals surface area contributed by atoms with E-state index < -0.39 is 42.2 Å². The number of aryl methyl sites for hydroxylation is 1. The molecule has 0 aliphatic rings. The molecule has 0 saturated heterocycles. The number of hydrogen-bond donors (Lipinski definition) is 5. The lowest BCUT2D eigenvalue weighted by molar-refractivity contribution is -0.140. The number of nitrogens with one attached hydrogen (secondary N) is 2. The summed E-state index contributed by atoms with van der Waals surface area (Å²) in [7, 11) is 0. The molecule has 2 rings (SSSR count). The summed E-state index contributed by atoms with van der Waals surface area (Å²) in [6.07, 6.45) is -0.830. The van der Waals surface area contributed by atoms with Crippen molar-refractivity contribution in [3.05, 3.63) is 58.6 Å². The molecule has 3 amide bonds. The molecule has 36 heavy (non-hydrogen) atoms. The molecule has 0 heterocycles. The van der Waals surface area contributed by atoms with Gasteiger partial charge in [0.15, 0.2) is 0 Å². The highest BCUT2D eigenvalue weighted by Gasteiger charge is 2.36. The van der Waals surface area contributed by atoms with Crippen LogP contribution in [0.15, 0.2) is 42.5 Å². The van der Waals surface area contributed by atoms with Crippen LogP contribution in [0, 0.1) is 6.92 Å². The van der Waals surface area contributed by atoms with Gasteiger partial charge in [0.05, 0.1) is 17.3 Å². The number of carbonyl (C=O) groups excluding carboxylic acids is 3. The van der Waals surface area contributed by atoms with E-state index >= 15 is 0 Å². The van der Waals surface area contributed by atoms with Gasteiger partial charge >= 0.3 is 6.09 Å². The number of aliphatic hydroxyl groups excluding tert-OH is 1. The fourth-order valence-corrected chi connectivity index (χ4v) is 3.98. The van der Waals surface area contributed by atoms with Gasteiger partial charge in [-0.15, -0.1) is 0 Å². The maximum atomic E-state index is 13.6. The van der Waals surface area contributed by atoms with Gasteiger partial charge in [-0.25, -0.2) is 4.79 Å². The third-order valence-electron chi connectivity index (χ3n) is 5.01. The molecular weight excluding hydrogens is 506 g/mol. The van der Waals surface area contributed by atoms with E-state index in [4.69, 9.17) is 16.3 Å². The van der Waals surface area contributed by atoms with Crippen LogP contribution in [0.1, 0.15) is 37.9 Å². The van der Waals surface area contributed by atoms with Crippen molar-refractivity contribution in [1.82, 2.24) is 10.2 Å². The number of nitrogens with zero attached hydrogens (tertiary/aromatic N) is 1. The molecule has 0 radical (unpaired) electrons. The molecule has 9 nitrogen and oxygen atoms in total. The third-order valence-corrected chi connectivity index (χ3v) is 5.69. The summed E-state index contributed by atoms with van der Waals surface area (Å²) >= 11 is 10.5. The highest BCUT2D eigenvalue weighted by molar-refractivity contribution is 7.80. The van der Waals surface area contributed by atoms with Crippen LogP contribution in [0.3, 0.4) is 0 Å². The number of alkyl carbamates (subject to hydrolysis) is 1. The average Bonchev–Trinajstić information content (AvgIpc) is 2.78. The van der Waals surface area contributed by atoms with Crippen molar-refractivity contribution in [1.29, 1.82) is 0 Å². The molecule has 4 N–H and O–H groups in total. The smallest absolute Gasteiger partial charge is 0.408 e. The lowest BCUT2D eigenvalue weighted by Crippen LogP contribution is -2.53. The van der Waals surface area contributed by atoms with Crippen LogP contribution in [-0.4, -0.2) is 63.6 Å². The number of aliphatic hydroxyl groups is 1. The Morgan fingerprint density at radius 3 is 2.39 bits per heavy atom. The number of hydrogen-bond acceptors (Lipinski definition) is 7. The Kier molecular flexibility index (Phi) is 10.4. The number of rotatable bonds is 9. The van der Waals surface area contributed by atoms with Gasteiger partial charge in [0, 0.05) is 12.3 Å². The van der Waals surface area contributed by atoms with Crippen LogP contribution in [0.4, 0.5) is 10.5 Å². The zero-order chi connectivity index (χ0) is 27.0. The minimum atomic E-state index is -1.28. The maximum absolute atomic E-state index is 13.6. The Morgan fingerprint density at radius 2 is 1.83 bits per heavy atom. The van der Waals surface area contributed by atoms with E-state index in [1.54, 1.807) is 52.0 Å². The van der Waals surface area contributed by atoms with Crippen molar-refractivity contribution in [2.45, 2.75) is 45.4 Å². The topological polar surface area (TPSA) is 128 Å². The minimum absolute atomic E-state index is 0.0992. The Balaban J connectivity index is 2.48. The van der Waals surface area contributed by atoms with Gasteiger partial charge in [0.2, 0.25) is 5.91 Å². The Hall–Kier alpha value is -2.95. The number of para-hydroxylation sites is 1. The summed E-state index contributed by atoms with van der Waals surface area (Å²) in [5.41, 5.74) is 0.554. The third kappa shape index (κ3) is 8.04. The second-order valence-electron chi connectivity index (χ2n) is 9.06. The lowest BCUT2D eigenvalue weighted by atomic mass is 10.0. The largest absolute Gasteiger partial charge is 0.508 e. The van der Waals surface area contributed by atoms with E-state index in [1.165, 1.54) is 18.2 Å². The van der Waals surface area contributed by atoms with Crippen LogP contribution in [-0.2, 0) is 14.3 Å². The summed E-state index contributed by atoms with van der Waals surface area (Å²) in [5.74, 6) is -1.52. The first-order chi connectivity index (χ1) is 16.9. The van der Waals surface area contributed by atoms with Crippen LogP contribution in [0.25, 0.3) is 0 Å². The quantitative estimate of drug-likeness (QED) is 0.310. The predicted octanol–water partition coefficient (Wildman–Crippen LogP) is 3.68. The maximum Gasteiger partial charge on any atom is 0.408 e. The molecule has 2 unspecified atom stereocenters. The number of amides is 3. The van der Waals surface area contributed by atoms with Gasteiger partial charge < -0.3 is 30.5 Å². The number of ether oxygens (including phenoxy) is 1. The van der Waals surface area contributed by atoms with Crippen molar-refractivity contribution < 1.29 is 29.3 Å². The Labute approximate surface area is 221 Å². The van der Waals surface area contributed by atoms with E-state index in [1.807, 2.05) is 0 Å². The van der Waals surface area contributed by atoms with Gasteiger partial charge in [-0.05, 0) is 57.0 Å². The number of halogens is 1. The first-order valence-electron chi connectivity index (χ1n) is 11.2. The number of thiol groups is 1. The predicted molar refractivity (Wildman–Crippen MR) is 141 cm³/mol. The second kappa shape index (κ2) is 12.8. The molecule has 0 aliphatic heterocycles. The SMILES string of the molecule is Cc1cccc(Cl)c1NC(=O)C(c1cccc(O)c1)N(CCO)C(=O)C(CS)NC(=O)OC(C)(C)C. The summed E-state index contributed by atoms with van der Waals surface area (Å²) < 4.78 is 5.24. The van der Waals surface area contributed by atoms with Crippen LogP contribution in [0.2, 0.25) is 5.02 Å². The normalized spacial score (nSPS) is 12.9. The summed E-state index contributed by atoms with van der Waals surface area (Å²) in [5, 5.41) is 25.4. The van der Waals surface area contributed by atoms with E-state index in [2.05, 4.69) is 23.3 Å². The highest BCUT2D eigenvalue weighted by Crippen LogP contribution is 2.30. The molecule has 0 aliphatic carbocycles.